The van der Waals surface area contributed by atoms with Gasteiger partial charge in [-0.2, -0.15) is 13.2 Å². The van der Waals surface area contributed by atoms with E-state index in [1.807, 2.05) is 0 Å². The summed E-state index contributed by atoms with van der Waals surface area (Å²) in [6, 6.07) is 0. The molecular weight excluding hydrogens is 325 g/mol. The quantitative estimate of drug-likeness (QED) is 0.250. The van der Waals surface area contributed by atoms with Crippen LogP contribution in [0.5, 0.6) is 0 Å². The molecule has 0 spiro atoms. The fourth-order valence-corrected chi connectivity index (χ4v) is 1.14. The lowest BCUT2D eigenvalue weighted by molar-refractivity contribution is -0.147. The topological polar surface area (TPSA) is 72.5 Å². The van der Waals surface area contributed by atoms with E-state index in [1.165, 1.54) is 7.11 Å². The second-order valence-corrected chi connectivity index (χ2v) is 4.15. The molecule has 7 nitrogen and oxygen atoms in total. The van der Waals surface area contributed by atoms with Gasteiger partial charge in [0.05, 0.1) is 59.8 Å². The first-order chi connectivity index (χ1) is 11.0. The molecule has 138 valence electrons. The van der Waals surface area contributed by atoms with E-state index >= 15 is 0 Å². The molecule has 0 aliphatic carbocycles. The summed E-state index contributed by atoms with van der Waals surface area (Å²) in [6.45, 7) is 0.932. The number of carbonyl (C=O) groups excluding carboxylic acids is 1. The SMILES string of the molecule is COC(=O)COCCOCOCCOCCOCCC(F)(F)F. The van der Waals surface area contributed by atoms with Gasteiger partial charge in [-0.25, -0.2) is 4.79 Å². The Kier molecular flexibility index (Phi) is 14.0. The molecule has 0 unspecified atom stereocenters. The predicted octanol–water partition coefficient (Wildman–Crippen LogP) is 1.15. The van der Waals surface area contributed by atoms with E-state index in [0.717, 1.165) is 0 Å². The van der Waals surface area contributed by atoms with Gasteiger partial charge in [-0.1, -0.05) is 0 Å². The Morgan fingerprint density at radius 2 is 1.26 bits per heavy atom. The van der Waals surface area contributed by atoms with Crippen molar-refractivity contribution in [3.8, 4) is 0 Å². The molecule has 0 fully saturated rings. The van der Waals surface area contributed by atoms with Crippen molar-refractivity contribution in [1.82, 2.24) is 0 Å². The van der Waals surface area contributed by atoms with Crippen molar-refractivity contribution in [2.45, 2.75) is 12.6 Å². The molecule has 0 saturated carbocycles. The molecule has 0 atom stereocenters. The van der Waals surface area contributed by atoms with Gasteiger partial charge in [-0.05, 0) is 0 Å². The number of esters is 1. The van der Waals surface area contributed by atoms with Crippen LogP contribution in [0.3, 0.4) is 0 Å². The molecule has 0 N–H and O–H groups in total. The maximum absolute atomic E-state index is 11.8. The number of hydrogen-bond donors (Lipinski definition) is 0. The zero-order valence-corrected chi connectivity index (χ0v) is 13.1. The highest BCUT2D eigenvalue weighted by Gasteiger charge is 2.26. The van der Waals surface area contributed by atoms with Gasteiger partial charge in [0, 0.05) is 0 Å². The van der Waals surface area contributed by atoms with E-state index in [4.69, 9.17) is 23.7 Å². The lowest BCUT2D eigenvalue weighted by Crippen LogP contribution is -2.15. The van der Waals surface area contributed by atoms with Crippen molar-refractivity contribution in [1.29, 1.82) is 0 Å². The lowest BCUT2D eigenvalue weighted by Gasteiger charge is -2.08. The van der Waals surface area contributed by atoms with Crippen LogP contribution in [-0.4, -0.2) is 78.9 Å². The van der Waals surface area contributed by atoms with E-state index in [9.17, 15) is 18.0 Å². The molecule has 0 aromatic carbocycles. The third kappa shape index (κ3) is 19.0. The van der Waals surface area contributed by atoms with Gasteiger partial charge in [-0.15, -0.1) is 0 Å². The Morgan fingerprint density at radius 1 is 0.783 bits per heavy atom. The number of alkyl halides is 3. The molecule has 0 aliphatic rings. The maximum Gasteiger partial charge on any atom is 0.391 e. The summed E-state index contributed by atoms with van der Waals surface area (Å²) in [5.41, 5.74) is 0. The second-order valence-electron chi connectivity index (χ2n) is 4.15. The predicted molar refractivity (Wildman–Crippen MR) is 71.9 cm³/mol. The third-order valence-corrected chi connectivity index (χ3v) is 2.26. The minimum atomic E-state index is -4.20. The Labute approximate surface area is 132 Å². The van der Waals surface area contributed by atoms with Gasteiger partial charge >= 0.3 is 12.1 Å². The number of ether oxygens (including phenoxy) is 6. The Balaban J connectivity index is 3.07. The number of carbonyl (C=O) groups is 1. The highest BCUT2D eigenvalue weighted by atomic mass is 19.4. The molecule has 0 rings (SSSR count). The van der Waals surface area contributed by atoms with Gasteiger partial charge in [0.25, 0.3) is 0 Å². The Morgan fingerprint density at radius 3 is 1.78 bits per heavy atom. The van der Waals surface area contributed by atoms with E-state index in [-0.39, 0.29) is 59.6 Å². The van der Waals surface area contributed by atoms with Gasteiger partial charge in [0.2, 0.25) is 0 Å². The van der Waals surface area contributed by atoms with Crippen LogP contribution in [0.4, 0.5) is 13.2 Å². The second kappa shape index (κ2) is 14.6. The molecule has 0 heterocycles. The van der Waals surface area contributed by atoms with Crippen molar-refractivity contribution >= 4 is 5.97 Å². The Bertz CT molecular complexity index is 287. The van der Waals surface area contributed by atoms with Crippen molar-refractivity contribution in [3.63, 3.8) is 0 Å². The first-order valence-electron chi connectivity index (χ1n) is 6.98. The van der Waals surface area contributed by atoms with Crippen LogP contribution in [0.1, 0.15) is 6.42 Å². The number of methoxy groups -OCH3 is 1. The minimum Gasteiger partial charge on any atom is -0.467 e. The van der Waals surface area contributed by atoms with Gasteiger partial charge in [-0.3, -0.25) is 0 Å². The number of halogens is 3. The number of hydrogen-bond acceptors (Lipinski definition) is 7. The highest BCUT2D eigenvalue weighted by molar-refractivity contribution is 5.70. The van der Waals surface area contributed by atoms with Crippen molar-refractivity contribution in [2.75, 3.05) is 66.8 Å². The largest absolute Gasteiger partial charge is 0.467 e. The van der Waals surface area contributed by atoms with Gasteiger partial charge in [0.1, 0.15) is 13.4 Å². The van der Waals surface area contributed by atoms with E-state index in [0.29, 0.717) is 0 Å². The molecule has 10 heteroatoms. The molecule has 0 radical (unpaired) electrons. The first kappa shape index (κ1) is 22.1. The van der Waals surface area contributed by atoms with Gasteiger partial charge < -0.3 is 28.4 Å². The van der Waals surface area contributed by atoms with Gasteiger partial charge in [0.15, 0.2) is 0 Å². The summed E-state index contributed by atoms with van der Waals surface area (Å²) in [6.07, 6.45) is -5.16. The fourth-order valence-electron chi connectivity index (χ4n) is 1.14. The first-order valence-corrected chi connectivity index (χ1v) is 6.98. The molecule has 0 bridgehead atoms. The van der Waals surface area contributed by atoms with E-state index in [2.05, 4.69) is 4.74 Å². The highest BCUT2D eigenvalue weighted by Crippen LogP contribution is 2.18. The smallest absolute Gasteiger partial charge is 0.391 e. The maximum atomic E-state index is 11.8. The zero-order chi connectivity index (χ0) is 17.4. The minimum absolute atomic E-state index is 0.0486. The van der Waals surface area contributed by atoms with Crippen molar-refractivity contribution < 1.29 is 46.4 Å². The standard InChI is InChI=1S/C13H23F3O7/c1-18-12(17)10-21-7-9-23-11-22-8-6-20-5-4-19-3-2-13(14,15)16/h2-11H2,1H3. The zero-order valence-electron chi connectivity index (χ0n) is 13.1. The summed E-state index contributed by atoms with van der Waals surface area (Å²) in [7, 11) is 1.27. The fraction of sp³-hybridized carbons (Fsp3) is 0.923. The average molecular weight is 348 g/mol. The number of rotatable bonds is 15. The van der Waals surface area contributed by atoms with E-state index in [1.54, 1.807) is 0 Å². The van der Waals surface area contributed by atoms with Crippen molar-refractivity contribution in [2.24, 2.45) is 0 Å². The summed E-state index contributed by atoms with van der Waals surface area (Å²) in [5.74, 6) is -0.458. The van der Waals surface area contributed by atoms with Crippen molar-refractivity contribution in [3.05, 3.63) is 0 Å². The average Bonchev–Trinajstić information content (AvgIpc) is 2.49. The molecule has 0 saturated heterocycles. The summed E-state index contributed by atoms with van der Waals surface area (Å²) < 4.78 is 64.6. The third-order valence-electron chi connectivity index (χ3n) is 2.26. The lowest BCUT2D eigenvalue weighted by atomic mass is 10.4. The molecule has 0 aliphatic heterocycles. The van der Waals surface area contributed by atoms with Crippen LogP contribution in [0.2, 0.25) is 0 Å². The van der Waals surface area contributed by atoms with Crippen LogP contribution < -0.4 is 0 Å². The molecule has 23 heavy (non-hydrogen) atoms. The van der Waals surface area contributed by atoms with Crippen LogP contribution >= 0.6 is 0 Å². The normalized spacial score (nSPS) is 11.7. The molecule has 0 aromatic rings. The van der Waals surface area contributed by atoms with Crippen LogP contribution in [0, 0.1) is 0 Å². The van der Waals surface area contributed by atoms with Crippen LogP contribution in [-0.2, 0) is 33.2 Å². The molecule has 0 amide bonds. The van der Waals surface area contributed by atoms with Crippen LogP contribution in [0.15, 0.2) is 0 Å². The summed E-state index contributed by atoms with van der Waals surface area (Å²) >= 11 is 0. The van der Waals surface area contributed by atoms with E-state index < -0.39 is 18.6 Å². The summed E-state index contributed by atoms with van der Waals surface area (Å²) in [4.78, 5) is 10.7. The monoisotopic (exact) mass is 348 g/mol. The Hall–Kier alpha value is -0.940. The molecular formula is C13H23F3O7. The summed E-state index contributed by atoms with van der Waals surface area (Å²) in [5, 5.41) is 0. The molecule has 0 aromatic heterocycles. The van der Waals surface area contributed by atoms with Crippen LogP contribution in [0.25, 0.3) is 0 Å².